The van der Waals surface area contributed by atoms with Crippen molar-refractivity contribution in [3.8, 4) is 11.5 Å². The molecule has 0 bridgehead atoms. The highest BCUT2D eigenvalue weighted by atomic mass is 31.2. The average molecular weight is 542 g/mol. The predicted molar refractivity (Wildman–Crippen MR) is 141 cm³/mol. The summed E-state index contributed by atoms with van der Waals surface area (Å²) >= 11 is 0. The van der Waals surface area contributed by atoms with Crippen LogP contribution in [-0.2, 0) is 26.9 Å². The number of imidazole rings is 1. The zero-order valence-electron chi connectivity index (χ0n) is 21.0. The van der Waals surface area contributed by atoms with E-state index < -0.39 is 13.9 Å². The molecular formula is C25H28N5O7P. The second-order valence-electron chi connectivity index (χ2n) is 7.96. The molecule has 2 heterocycles. The number of ether oxygens (including phenoxy) is 3. The number of hydrogen-bond acceptors (Lipinski definition) is 10. The van der Waals surface area contributed by atoms with Crippen LogP contribution in [0.1, 0.15) is 15.9 Å². The smallest absolute Gasteiger partial charge is 0.280 e. The summed E-state index contributed by atoms with van der Waals surface area (Å²) in [4.78, 5) is 35.4. The summed E-state index contributed by atoms with van der Waals surface area (Å²) in [6.45, 7) is 0.745. The van der Waals surface area contributed by atoms with Crippen molar-refractivity contribution in [3.05, 3.63) is 76.3 Å². The molecule has 0 saturated heterocycles. The van der Waals surface area contributed by atoms with Gasteiger partial charge in [-0.2, -0.15) is 4.98 Å². The number of anilines is 1. The molecule has 0 aliphatic heterocycles. The third-order valence-corrected chi connectivity index (χ3v) is 6.66. The highest BCUT2D eigenvalue weighted by molar-refractivity contribution is 7.47. The summed E-state index contributed by atoms with van der Waals surface area (Å²) in [7, 11) is 1.48. The van der Waals surface area contributed by atoms with E-state index >= 15 is 0 Å². The lowest BCUT2D eigenvalue weighted by atomic mass is 10.1. The fraction of sp³-hybridized carbons (Fsp3) is 0.280. The highest BCUT2D eigenvalue weighted by Gasteiger charge is 2.17. The molecule has 0 radical (unpaired) electrons. The van der Waals surface area contributed by atoms with E-state index in [0.29, 0.717) is 35.9 Å². The Morgan fingerprint density at radius 2 is 1.87 bits per heavy atom. The van der Waals surface area contributed by atoms with Gasteiger partial charge in [0.05, 0.1) is 33.8 Å². The number of methoxy groups -OCH3 is 2. The third kappa shape index (κ3) is 6.93. The third-order valence-electron chi connectivity index (χ3n) is 5.43. The first-order chi connectivity index (χ1) is 18.5. The van der Waals surface area contributed by atoms with E-state index in [2.05, 4.69) is 15.0 Å². The Morgan fingerprint density at radius 3 is 2.63 bits per heavy atom. The Hall–Kier alpha value is -3.83. The number of ketones is 1. The Labute approximate surface area is 219 Å². The minimum absolute atomic E-state index is 0.00977. The van der Waals surface area contributed by atoms with Crippen molar-refractivity contribution in [2.24, 2.45) is 0 Å². The molecule has 2 aromatic carbocycles. The van der Waals surface area contributed by atoms with Gasteiger partial charge in [-0.15, -0.1) is 0 Å². The topological polar surface area (TPSA) is 153 Å². The molecule has 1 atom stereocenters. The SMILES string of the molecule is COc1ccc(C(=O)COP(COCCn2cnc3c(=O)[nH]c(N)nc32)OCc2ccccc2)cc1OC. The summed E-state index contributed by atoms with van der Waals surface area (Å²) in [6, 6.07) is 14.6. The number of H-pyrrole nitrogens is 1. The molecule has 0 aliphatic rings. The van der Waals surface area contributed by atoms with Crippen LogP contribution < -0.4 is 20.8 Å². The second kappa shape index (κ2) is 13.1. The molecule has 2 aromatic heterocycles. The lowest BCUT2D eigenvalue weighted by Crippen LogP contribution is -2.13. The number of benzene rings is 2. The van der Waals surface area contributed by atoms with Gasteiger partial charge in [-0.3, -0.25) is 14.6 Å². The lowest BCUT2D eigenvalue weighted by molar-refractivity contribution is 0.0896. The number of nitrogen functional groups attached to an aromatic ring is 1. The number of carbonyl (C=O) groups is 1. The first-order valence-electron chi connectivity index (χ1n) is 11.6. The monoisotopic (exact) mass is 541 g/mol. The standard InChI is InChI=1S/C25H28N5O7P/c1-33-20-9-8-18(12-21(20)34-2)19(31)14-37-38(36-13-17-6-4-3-5-7-17)16-35-11-10-30-15-27-22-23(30)28-25(26)29-24(22)32/h3-9,12,15H,10-11,13-14,16H2,1-2H3,(H3,26,28,29,32). The first-order valence-corrected chi connectivity index (χ1v) is 13.0. The average Bonchev–Trinajstić information content (AvgIpc) is 3.34. The number of aromatic nitrogens is 4. The molecule has 0 fully saturated rings. The van der Waals surface area contributed by atoms with E-state index in [0.717, 1.165) is 5.56 Å². The largest absolute Gasteiger partial charge is 0.493 e. The van der Waals surface area contributed by atoms with Crippen molar-refractivity contribution in [1.29, 1.82) is 0 Å². The molecule has 0 amide bonds. The summed E-state index contributed by atoms with van der Waals surface area (Å²) in [6.07, 6.45) is 1.63. The molecule has 0 aliphatic carbocycles. The van der Waals surface area contributed by atoms with Crippen LogP contribution in [0, 0.1) is 0 Å². The number of nitrogens with zero attached hydrogens (tertiary/aromatic N) is 3. The quantitative estimate of drug-likeness (QED) is 0.138. The molecule has 4 rings (SSSR count). The van der Waals surface area contributed by atoms with E-state index in [1.807, 2.05) is 30.3 Å². The Morgan fingerprint density at radius 1 is 1.08 bits per heavy atom. The molecule has 4 aromatic rings. The normalized spacial score (nSPS) is 11.9. The minimum Gasteiger partial charge on any atom is -0.493 e. The van der Waals surface area contributed by atoms with Crippen LogP contribution in [-0.4, -0.2) is 59.1 Å². The van der Waals surface area contributed by atoms with Crippen molar-refractivity contribution in [3.63, 3.8) is 0 Å². The molecule has 0 spiro atoms. The molecular weight excluding hydrogens is 513 g/mol. The number of nitrogens with one attached hydrogen (secondary N) is 1. The molecule has 13 heteroatoms. The number of Topliss-reactive ketones (excluding diaryl/α,β-unsaturated/α-hetero) is 1. The van der Waals surface area contributed by atoms with E-state index in [9.17, 15) is 9.59 Å². The van der Waals surface area contributed by atoms with Gasteiger partial charge in [0.1, 0.15) is 13.0 Å². The van der Waals surface area contributed by atoms with Gasteiger partial charge in [-0.05, 0) is 23.8 Å². The number of carbonyl (C=O) groups excluding carboxylic acids is 1. The van der Waals surface area contributed by atoms with Crippen molar-refractivity contribution < 1.29 is 28.1 Å². The van der Waals surface area contributed by atoms with E-state index in [-0.39, 0.29) is 36.8 Å². The summed E-state index contributed by atoms with van der Waals surface area (Å²) < 4.78 is 29.8. The van der Waals surface area contributed by atoms with Gasteiger partial charge in [-0.1, -0.05) is 30.3 Å². The second-order valence-corrected chi connectivity index (χ2v) is 9.40. The molecule has 200 valence electrons. The molecule has 38 heavy (non-hydrogen) atoms. The zero-order valence-corrected chi connectivity index (χ0v) is 21.9. The number of rotatable bonds is 14. The van der Waals surface area contributed by atoms with Crippen LogP contribution in [0.3, 0.4) is 0 Å². The van der Waals surface area contributed by atoms with E-state index in [1.54, 1.807) is 22.8 Å². The minimum atomic E-state index is -1.56. The van der Waals surface area contributed by atoms with Gasteiger partial charge >= 0.3 is 0 Å². The van der Waals surface area contributed by atoms with Gasteiger partial charge in [0.25, 0.3) is 5.56 Å². The molecule has 3 N–H and O–H groups in total. The Bertz CT molecular complexity index is 1430. The molecule has 1 unspecified atom stereocenters. The maximum absolute atomic E-state index is 12.8. The van der Waals surface area contributed by atoms with Gasteiger partial charge in [0.2, 0.25) is 5.95 Å². The number of nitrogens with two attached hydrogens (primary N) is 1. The van der Waals surface area contributed by atoms with Crippen molar-refractivity contribution in [2.45, 2.75) is 13.2 Å². The predicted octanol–water partition coefficient (Wildman–Crippen LogP) is 3.12. The van der Waals surface area contributed by atoms with Gasteiger partial charge in [0.15, 0.2) is 36.8 Å². The number of hydrogen-bond donors (Lipinski definition) is 2. The summed E-state index contributed by atoms with van der Waals surface area (Å²) in [5.41, 5.74) is 7.20. The van der Waals surface area contributed by atoms with Crippen LogP contribution in [0.15, 0.2) is 59.7 Å². The van der Waals surface area contributed by atoms with Crippen LogP contribution in [0.25, 0.3) is 11.2 Å². The summed E-state index contributed by atoms with van der Waals surface area (Å²) in [5.74, 6) is 0.755. The van der Waals surface area contributed by atoms with Crippen molar-refractivity contribution in [2.75, 3.05) is 39.5 Å². The van der Waals surface area contributed by atoms with Gasteiger partial charge in [0, 0.05) is 12.1 Å². The zero-order chi connectivity index (χ0) is 26.9. The van der Waals surface area contributed by atoms with Crippen molar-refractivity contribution in [1.82, 2.24) is 19.5 Å². The molecule has 0 saturated carbocycles. The van der Waals surface area contributed by atoms with Crippen LogP contribution in [0.2, 0.25) is 0 Å². The maximum atomic E-state index is 12.8. The van der Waals surface area contributed by atoms with Crippen molar-refractivity contribution >= 4 is 31.3 Å². The van der Waals surface area contributed by atoms with E-state index in [4.69, 9.17) is 29.0 Å². The summed E-state index contributed by atoms with van der Waals surface area (Å²) in [5, 5.41) is 0. The fourth-order valence-corrected chi connectivity index (χ4v) is 4.55. The fourth-order valence-electron chi connectivity index (χ4n) is 3.49. The number of aromatic amines is 1. The lowest BCUT2D eigenvalue weighted by Gasteiger charge is -2.18. The van der Waals surface area contributed by atoms with Gasteiger partial charge < -0.3 is 33.6 Å². The Kier molecular flexibility index (Phi) is 9.39. The highest BCUT2D eigenvalue weighted by Crippen LogP contribution is 2.39. The van der Waals surface area contributed by atoms with Crippen LogP contribution in [0.5, 0.6) is 11.5 Å². The maximum Gasteiger partial charge on any atom is 0.280 e. The molecule has 12 nitrogen and oxygen atoms in total. The number of fused-ring (bicyclic) bond motifs is 1. The Balaban J connectivity index is 1.35. The van der Waals surface area contributed by atoms with Crippen LogP contribution in [0.4, 0.5) is 5.95 Å². The first kappa shape index (κ1) is 27.2. The van der Waals surface area contributed by atoms with Crippen LogP contribution >= 0.6 is 8.38 Å². The van der Waals surface area contributed by atoms with E-state index in [1.165, 1.54) is 20.5 Å². The van der Waals surface area contributed by atoms with Gasteiger partial charge in [-0.25, -0.2) is 4.98 Å².